The Bertz CT molecular complexity index is 634. The molecule has 0 saturated heterocycles. The van der Waals surface area contributed by atoms with Gasteiger partial charge in [-0.1, -0.05) is 36.4 Å². The Labute approximate surface area is 119 Å². The summed E-state index contributed by atoms with van der Waals surface area (Å²) in [7, 11) is 1.64. The summed E-state index contributed by atoms with van der Waals surface area (Å²) in [6.07, 6.45) is 2.86. The van der Waals surface area contributed by atoms with Crippen LogP contribution in [0, 0.1) is 5.92 Å². The molecule has 20 heavy (non-hydrogen) atoms. The van der Waals surface area contributed by atoms with Crippen LogP contribution in [0.15, 0.2) is 49.1 Å². The smallest absolute Gasteiger partial charge is 0.221 e. The van der Waals surface area contributed by atoms with Crippen molar-refractivity contribution in [2.24, 2.45) is 11.7 Å². The molecule has 3 heteroatoms. The maximum Gasteiger partial charge on any atom is 0.221 e. The molecule has 0 aliphatic heterocycles. The number of hydrogen-bond donors (Lipinski definition) is 1. The van der Waals surface area contributed by atoms with Crippen LogP contribution in [0.1, 0.15) is 12.0 Å². The SMILES string of the molecule is C=CC[C@@H](Cc1c(OC)ccc2ccccc12)C(N)=O. The van der Waals surface area contributed by atoms with Gasteiger partial charge in [-0.3, -0.25) is 4.79 Å². The molecule has 1 amide bonds. The van der Waals surface area contributed by atoms with Crippen LogP contribution in [0.3, 0.4) is 0 Å². The molecule has 0 bridgehead atoms. The van der Waals surface area contributed by atoms with Crippen LogP contribution in [0.5, 0.6) is 5.75 Å². The number of fused-ring (bicyclic) bond motifs is 1. The molecule has 1 atom stereocenters. The first-order valence-electron chi connectivity index (χ1n) is 6.62. The highest BCUT2D eigenvalue weighted by molar-refractivity contribution is 5.88. The summed E-state index contributed by atoms with van der Waals surface area (Å²) >= 11 is 0. The number of carbonyl (C=O) groups is 1. The fourth-order valence-electron chi connectivity index (χ4n) is 2.47. The monoisotopic (exact) mass is 269 g/mol. The minimum absolute atomic E-state index is 0.257. The van der Waals surface area contributed by atoms with E-state index >= 15 is 0 Å². The number of ether oxygens (including phenoxy) is 1. The van der Waals surface area contributed by atoms with Crippen molar-refractivity contribution in [2.75, 3.05) is 7.11 Å². The van der Waals surface area contributed by atoms with Crippen LogP contribution >= 0.6 is 0 Å². The highest BCUT2D eigenvalue weighted by atomic mass is 16.5. The standard InChI is InChI=1S/C17H19NO2/c1-3-6-13(17(18)19)11-15-14-8-5-4-7-12(14)9-10-16(15)20-2/h3-5,7-10,13H,1,6,11H2,2H3,(H2,18,19)/t13-/m0/s1. The second kappa shape index (κ2) is 6.24. The molecule has 2 aromatic rings. The minimum Gasteiger partial charge on any atom is -0.496 e. The number of methoxy groups -OCH3 is 1. The van der Waals surface area contributed by atoms with Gasteiger partial charge in [0.05, 0.1) is 7.11 Å². The van der Waals surface area contributed by atoms with Crippen molar-refractivity contribution in [2.45, 2.75) is 12.8 Å². The molecular weight excluding hydrogens is 250 g/mol. The van der Waals surface area contributed by atoms with E-state index in [9.17, 15) is 4.79 Å². The number of benzene rings is 2. The minimum atomic E-state index is -0.306. The molecule has 0 saturated carbocycles. The van der Waals surface area contributed by atoms with Gasteiger partial charge in [-0.05, 0) is 29.7 Å². The van der Waals surface area contributed by atoms with Gasteiger partial charge < -0.3 is 10.5 Å². The predicted molar refractivity (Wildman–Crippen MR) is 81.7 cm³/mol. The molecule has 2 N–H and O–H groups in total. The quantitative estimate of drug-likeness (QED) is 0.819. The first kappa shape index (κ1) is 14.1. The summed E-state index contributed by atoms with van der Waals surface area (Å²) < 4.78 is 5.43. The van der Waals surface area contributed by atoms with Gasteiger partial charge in [-0.15, -0.1) is 6.58 Å². The second-order valence-corrected chi connectivity index (χ2v) is 4.80. The number of hydrogen-bond acceptors (Lipinski definition) is 2. The average molecular weight is 269 g/mol. The van der Waals surface area contributed by atoms with Crippen LogP contribution in [0.2, 0.25) is 0 Å². The third kappa shape index (κ3) is 2.82. The van der Waals surface area contributed by atoms with Crippen molar-refractivity contribution >= 4 is 16.7 Å². The third-order valence-electron chi connectivity index (χ3n) is 3.52. The van der Waals surface area contributed by atoms with Crippen molar-refractivity contribution in [1.82, 2.24) is 0 Å². The summed E-state index contributed by atoms with van der Waals surface area (Å²) in [6, 6.07) is 12.0. The molecule has 0 aromatic heterocycles. The van der Waals surface area contributed by atoms with E-state index in [4.69, 9.17) is 10.5 Å². The third-order valence-corrected chi connectivity index (χ3v) is 3.52. The second-order valence-electron chi connectivity index (χ2n) is 4.80. The van der Waals surface area contributed by atoms with E-state index in [0.717, 1.165) is 22.1 Å². The Balaban J connectivity index is 2.50. The number of allylic oxidation sites excluding steroid dienone is 1. The molecule has 2 rings (SSSR count). The van der Waals surface area contributed by atoms with Gasteiger partial charge in [-0.2, -0.15) is 0 Å². The van der Waals surface area contributed by atoms with E-state index in [1.54, 1.807) is 13.2 Å². The van der Waals surface area contributed by atoms with Crippen molar-refractivity contribution in [1.29, 1.82) is 0 Å². The van der Waals surface area contributed by atoms with Crippen LogP contribution in [0.4, 0.5) is 0 Å². The summed E-state index contributed by atoms with van der Waals surface area (Å²) in [4.78, 5) is 11.6. The Hall–Kier alpha value is -2.29. The molecule has 0 unspecified atom stereocenters. The van der Waals surface area contributed by atoms with Gasteiger partial charge >= 0.3 is 0 Å². The Morgan fingerprint density at radius 1 is 1.35 bits per heavy atom. The molecule has 2 aromatic carbocycles. The zero-order valence-electron chi connectivity index (χ0n) is 11.6. The summed E-state index contributed by atoms with van der Waals surface area (Å²) in [5.74, 6) is 0.228. The number of nitrogens with two attached hydrogens (primary N) is 1. The number of rotatable bonds is 6. The topological polar surface area (TPSA) is 52.3 Å². The maximum atomic E-state index is 11.6. The number of primary amides is 1. The van der Waals surface area contributed by atoms with Gasteiger partial charge in [0.25, 0.3) is 0 Å². The molecule has 104 valence electrons. The molecule has 0 heterocycles. The fourth-order valence-corrected chi connectivity index (χ4v) is 2.47. The van der Waals surface area contributed by atoms with Crippen molar-refractivity contribution < 1.29 is 9.53 Å². The van der Waals surface area contributed by atoms with Gasteiger partial charge in [0.1, 0.15) is 5.75 Å². The van der Waals surface area contributed by atoms with Gasteiger partial charge in [0.2, 0.25) is 5.91 Å². The van der Waals surface area contributed by atoms with Gasteiger partial charge in [0, 0.05) is 11.5 Å². The number of carbonyl (C=O) groups excluding carboxylic acids is 1. The van der Waals surface area contributed by atoms with E-state index in [2.05, 4.69) is 6.58 Å². The first-order chi connectivity index (χ1) is 9.67. The molecule has 0 aliphatic carbocycles. The predicted octanol–water partition coefficient (Wildman–Crippen LogP) is 3.07. The maximum absolute atomic E-state index is 11.6. The van der Waals surface area contributed by atoms with E-state index in [-0.39, 0.29) is 11.8 Å². The Morgan fingerprint density at radius 3 is 2.75 bits per heavy atom. The number of amides is 1. The normalized spacial score (nSPS) is 12.1. The molecule has 0 spiro atoms. The van der Waals surface area contributed by atoms with Crippen LogP contribution in [-0.2, 0) is 11.2 Å². The van der Waals surface area contributed by atoms with Crippen molar-refractivity contribution in [3.8, 4) is 5.75 Å². The van der Waals surface area contributed by atoms with Gasteiger partial charge in [0.15, 0.2) is 0 Å². The van der Waals surface area contributed by atoms with E-state index < -0.39 is 0 Å². The largest absolute Gasteiger partial charge is 0.496 e. The molecule has 3 nitrogen and oxygen atoms in total. The van der Waals surface area contributed by atoms with Crippen LogP contribution < -0.4 is 10.5 Å². The molecular formula is C17H19NO2. The molecule has 0 fully saturated rings. The first-order valence-corrected chi connectivity index (χ1v) is 6.62. The lowest BCUT2D eigenvalue weighted by Gasteiger charge is -2.16. The Morgan fingerprint density at radius 2 is 2.10 bits per heavy atom. The molecule has 0 radical (unpaired) electrons. The van der Waals surface area contributed by atoms with Crippen LogP contribution in [0.25, 0.3) is 10.8 Å². The summed E-state index contributed by atoms with van der Waals surface area (Å²) in [5.41, 5.74) is 6.50. The van der Waals surface area contributed by atoms with E-state index in [0.29, 0.717) is 12.8 Å². The highest BCUT2D eigenvalue weighted by Crippen LogP contribution is 2.30. The summed E-state index contributed by atoms with van der Waals surface area (Å²) in [5, 5.41) is 2.23. The lowest BCUT2D eigenvalue weighted by Crippen LogP contribution is -2.24. The zero-order chi connectivity index (χ0) is 14.5. The van der Waals surface area contributed by atoms with E-state index in [1.807, 2.05) is 36.4 Å². The lowest BCUT2D eigenvalue weighted by atomic mass is 9.91. The lowest BCUT2D eigenvalue weighted by molar-refractivity contribution is -0.121. The van der Waals surface area contributed by atoms with Crippen LogP contribution in [-0.4, -0.2) is 13.0 Å². The van der Waals surface area contributed by atoms with Gasteiger partial charge in [-0.25, -0.2) is 0 Å². The summed E-state index contributed by atoms with van der Waals surface area (Å²) in [6.45, 7) is 3.69. The molecule has 0 aliphatic rings. The Kier molecular flexibility index (Phi) is 4.41. The van der Waals surface area contributed by atoms with E-state index in [1.165, 1.54) is 0 Å². The zero-order valence-corrected chi connectivity index (χ0v) is 11.6. The van der Waals surface area contributed by atoms with Crippen molar-refractivity contribution in [3.63, 3.8) is 0 Å². The van der Waals surface area contributed by atoms with Crippen molar-refractivity contribution in [3.05, 3.63) is 54.6 Å². The highest BCUT2D eigenvalue weighted by Gasteiger charge is 2.18. The average Bonchev–Trinajstić information content (AvgIpc) is 2.46. The fraction of sp³-hybridized carbons (Fsp3) is 0.235.